The second kappa shape index (κ2) is 10.4. The third-order valence-electron chi connectivity index (χ3n) is 6.24. The van der Waals surface area contributed by atoms with E-state index in [4.69, 9.17) is 4.74 Å². The van der Waals surface area contributed by atoms with Crippen LogP contribution in [-0.2, 0) is 27.2 Å². The van der Waals surface area contributed by atoms with Gasteiger partial charge in [0.15, 0.2) is 5.78 Å². The molecule has 0 bridgehead atoms. The highest BCUT2D eigenvalue weighted by molar-refractivity contribution is 6.00. The lowest BCUT2D eigenvalue weighted by Crippen LogP contribution is -2.34. The summed E-state index contributed by atoms with van der Waals surface area (Å²) in [7, 11) is 0. The van der Waals surface area contributed by atoms with Gasteiger partial charge in [0.05, 0.1) is 6.61 Å². The van der Waals surface area contributed by atoms with Crippen molar-refractivity contribution in [1.29, 1.82) is 0 Å². The summed E-state index contributed by atoms with van der Waals surface area (Å²) < 4.78 is 5.29. The lowest BCUT2D eigenvalue weighted by Gasteiger charge is -2.30. The van der Waals surface area contributed by atoms with Crippen LogP contribution >= 0.6 is 0 Å². The molecule has 0 amide bonds. The number of Topliss-reactive ketones (excluding diaryl/α,β-unsaturated/α-hetero) is 1. The molecule has 1 aliphatic rings. The number of carbonyl (C=O) groups is 2. The Balaban J connectivity index is 1.71. The van der Waals surface area contributed by atoms with Crippen molar-refractivity contribution in [2.45, 2.75) is 58.3 Å². The molecule has 0 heterocycles. The standard InChI is InChI=1S/C26H32O3/c1-3-19-10-8-9-13-23(19)18-24(26(28)29-4-2)25(27)22-16-14-21(15-17-22)20-11-6-5-7-12-20/h5-13,21-22,24H,3-4,14-18H2,1-2H3. The summed E-state index contributed by atoms with van der Waals surface area (Å²) in [5.74, 6) is -0.518. The molecule has 3 rings (SSSR count). The SMILES string of the molecule is CCOC(=O)C(Cc1ccccc1CC)C(=O)C1CCC(c2ccccc2)CC1. The molecule has 29 heavy (non-hydrogen) atoms. The molecule has 3 nitrogen and oxygen atoms in total. The summed E-state index contributed by atoms with van der Waals surface area (Å²) in [6.45, 7) is 4.20. The van der Waals surface area contributed by atoms with E-state index >= 15 is 0 Å². The van der Waals surface area contributed by atoms with Gasteiger partial charge in [-0.1, -0.05) is 61.5 Å². The number of benzene rings is 2. The fraction of sp³-hybridized carbons (Fsp3) is 0.462. The summed E-state index contributed by atoms with van der Waals surface area (Å²) in [5, 5.41) is 0. The predicted molar refractivity (Wildman–Crippen MR) is 116 cm³/mol. The Bertz CT molecular complexity index is 804. The number of hydrogen-bond donors (Lipinski definition) is 0. The smallest absolute Gasteiger partial charge is 0.316 e. The first-order valence-electron chi connectivity index (χ1n) is 11.0. The third kappa shape index (κ3) is 5.35. The number of ketones is 1. The van der Waals surface area contributed by atoms with Crippen LogP contribution < -0.4 is 0 Å². The zero-order chi connectivity index (χ0) is 20.6. The first kappa shape index (κ1) is 21.3. The Kier molecular flexibility index (Phi) is 7.62. The second-order valence-corrected chi connectivity index (χ2v) is 7.99. The average molecular weight is 393 g/mol. The van der Waals surface area contributed by atoms with Gasteiger partial charge in [0.25, 0.3) is 0 Å². The summed E-state index contributed by atoms with van der Waals surface area (Å²) in [4.78, 5) is 26.0. The van der Waals surface area contributed by atoms with Crippen LogP contribution in [0.1, 0.15) is 62.1 Å². The van der Waals surface area contributed by atoms with E-state index < -0.39 is 5.92 Å². The van der Waals surface area contributed by atoms with Crippen LogP contribution in [0.15, 0.2) is 54.6 Å². The Morgan fingerprint density at radius 1 is 0.897 bits per heavy atom. The number of rotatable bonds is 8. The third-order valence-corrected chi connectivity index (χ3v) is 6.24. The topological polar surface area (TPSA) is 43.4 Å². The highest BCUT2D eigenvalue weighted by atomic mass is 16.5. The van der Waals surface area contributed by atoms with Gasteiger partial charge in [0.1, 0.15) is 5.92 Å². The van der Waals surface area contributed by atoms with Crippen molar-refractivity contribution in [2.75, 3.05) is 6.61 Å². The van der Waals surface area contributed by atoms with Gasteiger partial charge in [-0.3, -0.25) is 9.59 Å². The number of esters is 1. The molecule has 0 saturated heterocycles. The van der Waals surface area contributed by atoms with Gasteiger partial charge in [-0.15, -0.1) is 0 Å². The predicted octanol–water partition coefficient (Wildman–Crippen LogP) is 5.51. The summed E-state index contributed by atoms with van der Waals surface area (Å²) in [6, 6.07) is 18.6. The highest BCUT2D eigenvalue weighted by Gasteiger charge is 2.36. The highest BCUT2D eigenvalue weighted by Crippen LogP contribution is 2.37. The molecule has 2 aromatic carbocycles. The molecule has 1 aliphatic carbocycles. The number of carbonyl (C=O) groups excluding carboxylic acids is 2. The van der Waals surface area contributed by atoms with E-state index in [1.165, 1.54) is 11.1 Å². The van der Waals surface area contributed by atoms with Crippen molar-refractivity contribution in [3.05, 3.63) is 71.3 Å². The van der Waals surface area contributed by atoms with E-state index in [-0.39, 0.29) is 17.7 Å². The fourth-order valence-corrected chi connectivity index (χ4v) is 4.59. The fourth-order valence-electron chi connectivity index (χ4n) is 4.59. The van der Waals surface area contributed by atoms with E-state index in [2.05, 4.69) is 37.3 Å². The zero-order valence-electron chi connectivity index (χ0n) is 17.6. The van der Waals surface area contributed by atoms with Crippen LogP contribution in [-0.4, -0.2) is 18.4 Å². The van der Waals surface area contributed by atoms with E-state index in [0.29, 0.717) is 18.9 Å². The van der Waals surface area contributed by atoms with Crippen molar-refractivity contribution in [3.63, 3.8) is 0 Å². The molecule has 0 aliphatic heterocycles. The molecule has 3 heteroatoms. The minimum Gasteiger partial charge on any atom is -0.465 e. The van der Waals surface area contributed by atoms with Crippen LogP contribution in [0, 0.1) is 11.8 Å². The number of hydrogen-bond acceptors (Lipinski definition) is 3. The van der Waals surface area contributed by atoms with Gasteiger partial charge < -0.3 is 4.74 Å². The van der Waals surface area contributed by atoms with Crippen LogP contribution in [0.2, 0.25) is 0 Å². The van der Waals surface area contributed by atoms with E-state index in [1.807, 2.05) is 24.3 Å². The summed E-state index contributed by atoms with van der Waals surface area (Å²) in [5.41, 5.74) is 3.64. The van der Waals surface area contributed by atoms with Gasteiger partial charge in [0.2, 0.25) is 0 Å². The Labute approximate surface area is 174 Å². The first-order chi connectivity index (χ1) is 14.1. The minimum absolute atomic E-state index is 0.0434. The van der Waals surface area contributed by atoms with Crippen molar-refractivity contribution >= 4 is 11.8 Å². The Morgan fingerprint density at radius 3 is 2.14 bits per heavy atom. The minimum atomic E-state index is -0.694. The molecule has 0 aromatic heterocycles. The molecular formula is C26H32O3. The maximum absolute atomic E-state index is 13.4. The van der Waals surface area contributed by atoms with E-state index in [1.54, 1.807) is 6.92 Å². The van der Waals surface area contributed by atoms with E-state index in [9.17, 15) is 9.59 Å². The van der Waals surface area contributed by atoms with Gasteiger partial charge in [0, 0.05) is 5.92 Å². The maximum atomic E-state index is 13.4. The molecule has 0 N–H and O–H groups in total. The van der Waals surface area contributed by atoms with Gasteiger partial charge in [-0.2, -0.15) is 0 Å². The summed E-state index contributed by atoms with van der Waals surface area (Å²) >= 11 is 0. The normalized spacial score (nSPS) is 20.1. The molecule has 0 spiro atoms. The monoisotopic (exact) mass is 392 g/mol. The Hall–Kier alpha value is -2.42. The van der Waals surface area contributed by atoms with Crippen LogP contribution in [0.5, 0.6) is 0 Å². The Morgan fingerprint density at radius 2 is 1.52 bits per heavy atom. The van der Waals surface area contributed by atoms with Gasteiger partial charge in [-0.05, 0) is 68.1 Å². The lowest BCUT2D eigenvalue weighted by atomic mass is 9.74. The number of aryl methyl sites for hydroxylation is 1. The van der Waals surface area contributed by atoms with Gasteiger partial charge in [-0.25, -0.2) is 0 Å². The molecular weight excluding hydrogens is 360 g/mol. The molecule has 154 valence electrons. The van der Waals surface area contributed by atoms with Crippen LogP contribution in [0.4, 0.5) is 0 Å². The van der Waals surface area contributed by atoms with Gasteiger partial charge >= 0.3 is 5.97 Å². The maximum Gasteiger partial charge on any atom is 0.316 e. The first-order valence-corrected chi connectivity index (χ1v) is 11.0. The van der Waals surface area contributed by atoms with Crippen molar-refractivity contribution < 1.29 is 14.3 Å². The summed E-state index contributed by atoms with van der Waals surface area (Å²) in [6.07, 6.45) is 5.04. The molecule has 1 saturated carbocycles. The zero-order valence-corrected chi connectivity index (χ0v) is 17.6. The lowest BCUT2D eigenvalue weighted by molar-refractivity contribution is -0.152. The average Bonchev–Trinajstić information content (AvgIpc) is 2.78. The van der Waals surface area contributed by atoms with Crippen LogP contribution in [0.3, 0.4) is 0 Å². The molecule has 0 radical (unpaired) electrons. The molecule has 2 aromatic rings. The number of ether oxygens (including phenoxy) is 1. The molecule has 1 atom stereocenters. The second-order valence-electron chi connectivity index (χ2n) is 7.99. The quantitative estimate of drug-likeness (QED) is 0.439. The molecule has 1 unspecified atom stereocenters. The van der Waals surface area contributed by atoms with Crippen molar-refractivity contribution in [2.24, 2.45) is 11.8 Å². The van der Waals surface area contributed by atoms with Crippen LogP contribution in [0.25, 0.3) is 0 Å². The molecule has 1 fully saturated rings. The van der Waals surface area contributed by atoms with E-state index in [0.717, 1.165) is 37.7 Å². The van der Waals surface area contributed by atoms with Crippen molar-refractivity contribution in [3.8, 4) is 0 Å². The van der Waals surface area contributed by atoms with Crippen molar-refractivity contribution in [1.82, 2.24) is 0 Å². The largest absolute Gasteiger partial charge is 0.465 e.